The number of benzene rings is 2. The van der Waals surface area contributed by atoms with Gasteiger partial charge in [-0.3, -0.25) is 14.9 Å². The van der Waals surface area contributed by atoms with Crippen LogP contribution in [0, 0.1) is 20.8 Å². The van der Waals surface area contributed by atoms with Gasteiger partial charge in [0, 0.05) is 5.56 Å². The Kier molecular flexibility index (Phi) is 9.95. The van der Waals surface area contributed by atoms with E-state index >= 15 is 0 Å². The standard InChI is InChI=1S/C24H29NO5S.Na.H/c1-14-15(2)22(29-5)19(16(3)21(14)28-4)7-6-12-30-18-10-8-17(9-11-18)13-20-23(26)25-24(27)31-20;;/h8-11,20H,6-7,12-13H2,1-5H3,(H,25,26,27);;. The second-order valence-corrected chi connectivity index (χ2v) is 8.78. The number of nitrogens with one attached hydrogen (secondary N) is 1. The molecule has 1 saturated heterocycles. The summed E-state index contributed by atoms with van der Waals surface area (Å²) >= 11 is 1.05. The van der Waals surface area contributed by atoms with E-state index in [1.54, 1.807) is 14.2 Å². The van der Waals surface area contributed by atoms with Crippen molar-refractivity contribution in [2.75, 3.05) is 20.8 Å². The van der Waals surface area contributed by atoms with Gasteiger partial charge in [-0.15, -0.1) is 0 Å². The summed E-state index contributed by atoms with van der Waals surface area (Å²) in [6.45, 7) is 6.75. The number of carbonyl (C=O) groups excluding carboxylic acids is 2. The van der Waals surface area contributed by atoms with E-state index in [1.807, 2.05) is 24.3 Å². The topological polar surface area (TPSA) is 73.9 Å². The van der Waals surface area contributed by atoms with E-state index in [0.29, 0.717) is 13.0 Å². The van der Waals surface area contributed by atoms with E-state index in [-0.39, 0.29) is 46.0 Å². The average molecular weight is 468 g/mol. The molecule has 2 aromatic rings. The van der Waals surface area contributed by atoms with Crippen molar-refractivity contribution in [3.8, 4) is 17.2 Å². The molecule has 1 N–H and O–H groups in total. The average Bonchev–Trinajstić information content (AvgIpc) is 3.07. The van der Waals surface area contributed by atoms with Crippen molar-refractivity contribution in [3.05, 3.63) is 52.1 Å². The first-order valence-corrected chi connectivity index (χ1v) is 11.2. The Labute approximate surface area is 216 Å². The molecule has 2 aromatic carbocycles. The number of carbonyl (C=O) groups is 2. The molecule has 0 bridgehead atoms. The first-order valence-electron chi connectivity index (χ1n) is 10.3. The summed E-state index contributed by atoms with van der Waals surface area (Å²) in [6.07, 6.45) is 2.19. The first-order chi connectivity index (χ1) is 14.8. The number of hydrogen-bond acceptors (Lipinski definition) is 6. The fourth-order valence-electron chi connectivity index (χ4n) is 3.94. The second-order valence-electron chi connectivity index (χ2n) is 7.60. The van der Waals surface area contributed by atoms with Crippen LogP contribution in [0.15, 0.2) is 24.3 Å². The summed E-state index contributed by atoms with van der Waals surface area (Å²) in [4.78, 5) is 23.0. The quantitative estimate of drug-likeness (QED) is 0.446. The summed E-state index contributed by atoms with van der Waals surface area (Å²) in [5.41, 5.74) is 5.47. The van der Waals surface area contributed by atoms with Crippen LogP contribution in [0.2, 0.25) is 0 Å². The van der Waals surface area contributed by atoms with Crippen LogP contribution in [0.4, 0.5) is 4.79 Å². The number of rotatable bonds is 9. The molecule has 1 fully saturated rings. The third kappa shape index (κ3) is 6.01. The Bertz CT molecular complexity index is 978. The van der Waals surface area contributed by atoms with Gasteiger partial charge in [0.25, 0.3) is 5.24 Å². The number of hydrogen-bond donors (Lipinski definition) is 1. The molecule has 0 spiro atoms. The van der Waals surface area contributed by atoms with E-state index in [9.17, 15) is 9.59 Å². The summed E-state index contributed by atoms with van der Waals surface area (Å²) in [7, 11) is 3.41. The van der Waals surface area contributed by atoms with Crippen molar-refractivity contribution in [3.63, 3.8) is 0 Å². The molecule has 1 aliphatic rings. The van der Waals surface area contributed by atoms with Crippen LogP contribution in [-0.2, 0) is 17.6 Å². The van der Waals surface area contributed by atoms with E-state index in [2.05, 4.69) is 26.1 Å². The van der Waals surface area contributed by atoms with Crippen molar-refractivity contribution in [2.45, 2.75) is 45.3 Å². The van der Waals surface area contributed by atoms with E-state index in [4.69, 9.17) is 14.2 Å². The predicted octanol–water partition coefficient (Wildman–Crippen LogP) is 3.89. The molecular weight excluding hydrogens is 437 g/mol. The van der Waals surface area contributed by atoms with Crippen LogP contribution in [0.3, 0.4) is 0 Å². The minimum atomic E-state index is -0.354. The van der Waals surface area contributed by atoms with Crippen LogP contribution in [0.25, 0.3) is 0 Å². The van der Waals surface area contributed by atoms with E-state index in [0.717, 1.165) is 69.7 Å². The van der Waals surface area contributed by atoms with Crippen LogP contribution < -0.4 is 19.5 Å². The maximum atomic E-state index is 11.7. The molecule has 0 radical (unpaired) electrons. The molecule has 2 amide bonds. The van der Waals surface area contributed by atoms with Crippen LogP contribution in [-0.4, -0.2) is 66.8 Å². The molecule has 8 heteroatoms. The fourth-order valence-corrected chi connectivity index (χ4v) is 4.80. The third-order valence-corrected chi connectivity index (χ3v) is 6.65. The SMILES string of the molecule is COc1c(C)c(C)c(OC)c(CCCOc2ccc(CC3SC(=O)NC3=O)cc2)c1C.[NaH]. The monoisotopic (exact) mass is 467 g/mol. The third-order valence-electron chi connectivity index (χ3n) is 5.67. The Morgan fingerprint density at radius 2 is 1.56 bits per heavy atom. The minimum absolute atomic E-state index is 0. The predicted molar refractivity (Wildman–Crippen MR) is 130 cm³/mol. The molecular formula is C24H30NNaO5S. The molecule has 168 valence electrons. The van der Waals surface area contributed by atoms with Gasteiger partial charge in [-0.2, -0.15) is 0 Å². The molecule has 0 saturated carbocycles. The summed E-state index contributed by atoms with van der Waals surface area (Å²) < 4.78 is 17.2. The van der Waals surface area contributed by atoms with E-state index < -0.39 is 0 Å². The molecule has 6 nitrogen and oxygen atoms in total. The molecule has 0 aliphatic carbocycles. The molecule has 0 aromatic heterocycles. The maximum absolute atomic E-state index is 11.7. The van der Waals surface area contributed by atoms with Gasteiger partial charge in [0.05, 0.1) is 26.1 Å². The van der Waals surface area contributed by atoms with Crippen molar-refractivity contribution < 1.29 is 23.8 Å². The zero-order valence-electron chi connectivity index (χ0n) is 18.7. The van der Waals surface area contributed by atoms with Gasteiger partial charge in [0.1, 0.15) is 17.2 Å². The Morgan fingerprint density at radius 1 is 0.938 bits per heavy atom. The molecule has 32 heavy (non-hydrogen) atoms. The zero-order valence-corrected chi connectivity index (χ0v) is 19.5. The number of imide groups is 1. The van der Waals surface area contributed by atoms with Gasteiger partial charge in [-0.05, 0) is 74.4 Å². The van der Waals surface area contributed by atoms with Gasteiger partial charge in [0.2, 0.25) is 5.91 Å². The van der Waals surface area contributed by atoms with Gasteiger partial charge >= 0.3 is 29.6 Å². The molecule has 1 unspecified atom stereocenters. The van der Waals surface area contributed by atoms with Crippen molar-refractivity contribution in [1.82, 2.24) is 5.32 Å². The van der Waals surface area contributed by atoms with Gasteiger partial charge in [-0.1, -0.05) is 23.9 Å². The Balaban J connectivity index is 0.00000363. The first kappa shape index (κ1) is 26.6. The van der Waals surface area contributed by atoms with Gasteiger partial charge in [0.15, 0.2) is 0 Å². The van der Waals surface area contributed by atoms with Gasteiger partial charge < -0.3 is 14.2 Å². The molecule has 1 aliphatic heterocycles. The molecule has 1 heterocycles. The fraction of sp³-hybridized carbons (Fsp3) is 0.417. The molecule has 1 atom stereocenters. The normalized spacial score (nSPS) is 15.2. The number of ether oxygens (including phenoxy) is 3. The molecule has 3 rings (SSSR count). The number of thioether (sulfide) groups is 1. The van der Waals surface area contributed by atoms with Crippen LogP contribution in [0.1, 0.15) is 34.2 Å². The zero-order chi connectivity index (χ0) is 22.5. The van der Waals surface area contributed by atoms with E-state index in [1.165, 1.54) is 0 Å². The summed E-state index contributed by atoms with van der Waals surface area (Å²) in [5, 5.41) is 1.69. The number of methoxy groups -OCH3 is 2. The van der Waals surface area contributed by atoms with Crippen LogP contribution in [0.5, 0.6) is 17.2 Å². The van der Waals surface area contributed by atoms with Crippen molar-refractivity contribution in [1.29, 1.82) is 0 Å². The second kappa shape index (κ2) is 12.0. The van der Waals surface area contributed by atoms with Crippen molar-refractivity contribution in [2.24, 2.45) is 0 Å². The summed E-state index contributed by atoms with van der Waals surface area (Å²) in [6, 6.07) is 7.68. The number of amides is 2. The van der Waals surface area contributed by atoms with Crippen LogP contribution >= 0.6 is 11.8 Å². The summed E-state index contributed by atoms with van der Waals surface area (Å²) in [5.74, 6) is 2.40. The Hall–Kier alpha value is -1.67. The Morgan fingerprint density at radius 3 is 2.12 bits per heavy atom. The van der Waals surface area contributed by atoms with Gasteiger partial charge in [-0.25, -0.2) is 0 Å². The van der Waals surface area contributed by atoms with Crippen molar-refractivity contribution >= 4 is 52.5 Å².